The van der Waals surface area contributed by atoms with E-state index in [9.17, 15) is 19.5 Å². The molecule has 2 atom stereocenters. The number of unbranched alkanes of at least 4 members (excludes halogenated alkanes) is 8. The van der Waals surface area contributed by atoms with E-state index in [-0.39, 0.29) is 36.2 Å². The number of likely N-dealkylation sites (N-methyl/N-ethyl adjacent to an activating group) is 1. The number of carboxylic acids is 1. The molecule has 0 heterocycles. The number of hydrogen-bond acceptors (Lipinski definition) is 6. The molecule has 8 nitrogen and oxygen atoms in total. The number of quaternary nitrogens is 1. The number of carboxylic acid groups (broad SMARTS) is 1. The number of allylic oxidation sites excluding steroid dienone is 12. The Morgan fingerprint density at radius 3 is 1.52 bits per heavy atom. The average molecular weight is 729 g/mol. The second-order valence-electron chi connectivity index (χ2n) is 14.1. The van der Waals surface area contributed by atoms with E-state index >= 15 is 0 Å². The SMILES string of the molecule is CC/C=C/C/C=C/C/C=C/C/C=C/CCCCCC(=O)OCC(COCCC(C(=O)O)[N+](C)(C)C)OC(=O)CCCCCCC/C=C/C/C=C/CC. The predicted octanol–water partition coefficient (Wildman–Crippen LogP) is 10.4. The molecule has 8 heteroatoms. The van der Waals surface area contributed by atoms with Crippen LogP contribution in [0.2, 0.25) is 0 Å². The summed E-state index contributed by atoms with van der Waals surface area (Å²) in [4.78, 5) is 36.8. The number of carbonyl (C=O) groups is 3. The van der Waals surface area contributed by atoms with Gasteiger partial charge in [-0.3, -0.25) is 9.59 Å². The number of rotatable bonds is 34. The fourth-order valence-corrected chi connectivity index (χ4v) is 5.29. The summed E-state index contributed by atoms with van der Waals surface area (Å²) in [7, 11) is 5.49. The zero-order chi connectivity index (χ0) is 38.5. The van der Waals surface area contributed by atoms with E-state index in [2.05, 4.69) is 86.8 Å². The smallest absolute Gasteiger partial charge is 0.362 e. The maximum atomic E-state index is 12.7. The first-order chi connectivity index (χ1) is 25.1. The largest absolute Gasteiger partial charge is 0.477 e. The third-order valence-corrected chi connectivity index (χ3v) is 8.35. The molecule has 0 spiro atoms. The van der Waals surface area contributed by atoms with E-state index in [0.29, 0.717) is 19.3 Å². The van der Waals surface area contributed by atoms with Gasteiger partial charge in [0, 0.05) is 19.3 Å². The first-order valence-corrected chi connectivity index (χ1v) is 20.0. The van der Waals surface area contributed by atoms with E-state index < -0.39 is 18.1 Å². The molecule has 0 aromatic carbocycles. The monoisotopic (exact) mass is 729 g/mol. The van der Waals surface area contributed by atoms with Crippen LogP contribution in [0.4, 0.5) is 0 Å². The predicted molar refractivity (Wildman–Crippen MR) is 215 cm³/mol. The normalized spacial score (nSPS) is 13.8. The maximum Gasteiger partial charge on any atom is 0.362 e. The number of nitrogens with zero attached hydrogens (tertiary/aromatic N) is 1. The van der Waals surface area contributed by atoms with Crippen LogP contribution in [-0.4, -0.2) is 80.6 Å². The van der Waals surface area contributed by atoms with Crippen LogP contribution in [0.5, 0.6) is 0 Å². The molecule has 0 saturated heterocycles. The Labute approximate surface area is 317 Å². The lowest BCUT2D eigenvalue weighted by Gasteiger charge is -2.31. The van der Waals surface area contributed by atoms with Crippen molar-refractivity contribution in [3.63, 3.8) is 0 Å². The minimum absolute atomic E-state index is 0.0408. The van der Waals surface area contributed by atoms with Gasteiger partial charge >= 0.3 is 17.9 Å². The number of ether oxygens (including phenoxy) is 3. The molecule has 52 heavy (non-hydrogen) atoms. The lowest BCUT2D eigenvalue weighted by molar-refractivity contribution is -0.887. The molecule has 0 aromatic rings. The Balaban J connectivity index is 4.48. The molecular weight excluding hydrogens is 654 g/mol. The molecule has 296 valence electrons. The molecule has 1 N–H and O–H groups in total. The van der Waals surface area contributed by atoms with Gasteiger partial charge in [0.05, 0.1) is 34.4 Å². The Hall–Kier alpha value is -3.23. The van der Waals surface area contributed by atoms with E-state index in [4.69, 9.17) is 14.2 Å². The molecule has 0 amide bonds. The van der Waals surface area contributed by atoms with Gasteiger partial charge in [0.15, 0.2) is 12.1 Å². The van der Waals surface area contributed by atoms with Crippen LogP contribution in [0, 0.1) is 0 Å². The fourth-order valence-electron chi connectivity index (χ4n) is 5.29. The summed E-state index contributed by atoms with van der Waals surface area (Å²) < 4.78 is 17.2. The van der Waals surface area contributed by atoms with Crippen LogP contribution in [0.3, 0.4) is 0 Å². The Bertz CT molecular complexity index is 1080. The summed E-state index contributed by atoms with van der Waals surface area (Å²) in [5.41, 5.74) is 0. The molecule has 0 bridgehead atoms. The number of esters is 2. The molecule has 2 unspecified atom stereocenters. The molecule has 0 aliphatic heterocycles. The molecule has 0 aliphatic carbocycles. The lowest BCUT2D eigenvalue weighted by Crippen LogP contribution is -2.50. The zero-order valence-corrected chi connectivity index (χ0v) is 33.5. The van der Waals surface area contributed by atoms with E-state index in [1.165, 1.54) is 0 Å². The first kappa shape index (κ1) is 48.8. The van der Waals surface area contributed by atoms with Crippen molar-refractivity contribution >= 4 is 17.9 Å². The third kappa shape index (κ3) is 32.7. The molecule has 0 aromatic heterocycles. The maximum absolute atomic E-state index is 12.7. The van der Waals surface area contributed by atoms with Crippen LogP contribution >= 0.6 is 0 Å². The standard InChI is InChI=1S/C44H73NO7/c1-6-8-10-12-14-16-18-20-21-22-23-25-26-28-30-32-34-42(46)51-39-40(38-50-37-36-41(44(48)49)45(3,4)5)52-43(47)35-33-31-29-27-24-19-17-15-13-11-9-7-2/h8-11,14-17,20-21,23,25,40-41H,6-7,12-13,18-19,22,24,26-39H2,1-5H3/p+1/b10-8+,11-9+,16-14+,17-15+,21-20+,25-23+. The van der Waals surface area contributed by atoms with Gasteiger partial charge in [-0.15, -0.1) is 0 Å². The topological polar surface area (TPSA) is 99.1 Å². The van der Waals surface area contributed by atoms with E-state index in [1.807, 2.05) is 21.1 Å². The van der Waals surface area contributed by atoms with Crippen molar-refractivity contribution in [1.29, 1.82) is 0 Å². The first-order valence-electron chi connectivity index (χ1n) is 20.0. The van der Waals surface area contributed by atoms with Crippen LogP contribution in [0.1, 0.15) is 136 Å². The van der Waals surface area contributed by atoms with Crippen LogP contribution in [0.15, 0.2) is 72.9 Å². The molecule has 0 rings (SSSR count). The summed E-state index contributed by atoms with van der Waals surface area (Å²) in [6.07, 6.45) is 42.3. The van der Waals surface area contributed by atoms with Gasteiger partial charge in [-0.2, -0.15) is 0 Å². The highest BCUT2D eigenvalue weighted by atomic mass is 16.6. The summed E-state index contributed by atoms with van der Waals surface area (Å²) in [5, 5.41) is 9.59. The van der Waals surface area contributed by atoms with E-state index in [0.717, 1.165) is 103 Å². The van der Waals surface area contributed by atoms with Crippen molar-refractivity contribution in [2.24, 2.45) is 0 Å². The van der Waals surface area contributed by atoms with Gasteiger partial charge in [0.1, 0.15) is 6.61 Å². The van der Waals surface area contributed by atoms with Gasteiger partial charge < -0.3 is 23.8 Å². The van der Waals surface area contributed by atoms with Crippen molar-refractivity contribution in [3.05, 3.63) is 72.9 Å². The van der Waals surface area contributed by atoms with Crippen LogP contribution < -0.4 is 0 Å². The van der Waals surface area contributed by atoms with E-state index in [1.54, 1.807) is 0 Å². The molecule has 0 fully saturated rings. The van der Waals surface area contributed by atoms with Gasteiger partial charge in [-0.25, -0.2) is 4.79 Å². The van der Waals surface area contributed by atoms with Crippen LogP contribution in [0.25, 0.3) is 0 Å². The third-order valence-electron chi connectivity index (χ3n) is 8.35. The van der Waals surface area contributed by atoms with Gasteiger partial charge in [0.25, 0.3) is 0 Å². The van der Waals surface area contributed by atoms with Gasteiger partial charge in [-0.05, 0) is 77.0 Å². The van der Waals surface area contributed by atoms with Crippen LogP contribution in [-0.2, 0) is 28.6 Å². The zero-order valence-electron chi connectivity index (χ0n) is 33.5. The highest BCUT2D eigenvalue weighted by molar-refractivity contribution is 5.72. The van der Waals surface area contributed by atoms with Crippen molar-refractivity contribution in [3.8, 4) is 0 Å². The highest BCUT2D eigenvalue weighted by Gasteiger charge is 2.31. The van der Waals surface area contributed by atoms with Crippen molar-refractivity contribution in [2.75, 3.05) is 41.0 Å². The summed E-state index contributed by atoms with van der Waals surface area (Å²) in [5.74, 6) is -1.54. The quantitative estimate of drug-likeness (QED) is 0.0305. The minimum Gasteiger partial charge on any atom is -0.477 e. The molecular formula is C44H74NO7+. The lowest BCUT2D eigenvalue weighted by atomic mass is 10.1. The average Bonchev–Trinajstić information content (AvgIpc) is 3.09. The highest BCUT2D eigenvalue weighted by Crippen LogP contribution is 2.12. The number of carbonyl (C=O) groups excluding carboxylic acids is 2. The second-order valence-corrected chi connectivity index (χ2v) is 14.1. The number of hydrogen-bond donors (Lipinski definition) is 1. The summed E-state index contributed by atoms with van der Waals surface area (Å²) >= 11 is 0. The molecule has 0 saturated carbocycles. The van der Waals surface area contributed by atoms with Crippen molar-refractivity contribution in [2.45, 2.75) is 148 Å². The van der Waals surface area contributed by atoms with Crippen molar-refractivity contribution in [1.82, 2.24) is 0 Å². The molecule has 0 radical (unpaired) electrons. The summed E-state index contributed by atoms with van der Waals surface area (Å²) in [6.45, 7) is 4.43. The van der Waals surface area contributed by atoms with Gasteiger partial charge in [-0.1, -0.05) is 112 Å². The Morgan fingerprint density at radius 1 is 0.577 bits per heavy atom. The summed E-state index contributed by atoms with van der Waals surface area (Å²) in [6, 6.07) is -0.624. The minimum atomic E-state index is -0.886. The Kier molecular flexibility index (Phi) is 32.7. The van der Waals surface area contributed by atoms with Gasteiger partial charge in [0.2, 0.25) is 0 Å². The molecule has 0 aliphatic rings. The van der Waals surface area contributed by atoms with Crippen molar-refractivity contribution < 1.29 is 38.2 Å². The fraction of sp³-hybridized carbons (Fsp3) is 0.659. The Morgan fingerprint density at radius 2 is 1.02 bits per heavy atom. The second kappa shape index (κ2) is 34.8. The number of aliphatic carboxylic acids is 1.